The molecule has 0 aromatic carbocycles. The van der Waals surface area contributed by atoms with Gasteiger partial charge in [0.1, 0.15) is 24.4 Å². The van der Waals surface area contributed by atoms with Gasteiger partial charge in [0.2, 0.25) is 6.29 Å². The van der Waals surface area contributed by atoms with Gasteiger partial charge < -0.3 is 45.2 Å². The van der Waals surface area contributed by atoms with Crippen LogP contribution in [0.5, 0.6) is 0 Å². The minimum Gasteiger partial charge on any atom is -0.479 e. The molecule has 122 valence electrons. The molecule has 1 heterocycles. The minimum absolute atomic E-state index is 0.765. The van der Waals surface area contributed by atoms with Crippen molar-refractivity contribution in [2.45, 2.75) is 42.9 Å². The summed E-state index contributed by atoms with van der Waals surface area (Å²) in [7, 11) is 0. The van der Waals surface area contributed by atoms with E-state index in [1.54, 1.807) is 0 Å². The second-order valence-corrected chi connectivity index (χ2v) is 4.36. The second-order valence-electron chi connectivity index (χ2n) is 4.36. The lowest BCUT2D eigenvalue weighted by atomic mass is 9.99. The Hall–Kier alpha value is -1.34. The number of hydrogen-bond acceptors (Lipinski definition) is 10. The molecule has 0 radical (unpaired) electrons. The van der Waals surface area contributed by atoms with Crippen molar-refractivity contribution in [3.05, 3.63) is 0 Å². The number of hydrogen-bond donors (Lipinski definition) is 7. The number of aliphatic carboxylic acids is 1. The first-order chi connectivity index (χ1) is 9.70. The average Bonchev–Trinajstić information content (AvgIpc) is 2.45. The molecule has 11 nitrogen and oxygen atoms in total. The van der Waals surface area contributed by atoms with Gasteiger partial charge in [0, 0.05) is 0 Å². The zero-order valence-corrected chi connectivity index (χ0v) is 10.5. The van der Waals surface area contributed by atoms with E-state index in [9.17, 15) is 30.0 Å². The van der Waals surface area contributed by atoms with E-state index in [0.717, 1.165) is 0 Å². The highest BCUT2D eigenvalue weighted by Gasteiger charge is 2.46. The molecule has 1 fully saturated rings. The molecular formula is C10H16O11. The maximum atomic E-state index is 11.4. The van der Waals surface area contributed by atoms with E-state index in [0.29, 0.717) is 0 Å². The van der Waals surface area contributed by atoms with Gasteiger partial charge in [0.15, 0.2) is 12.2 Å². The van der Waals surface area contributed by atoms with E-state index in [1.807, 2.05) is 0 Å². The Kier molecular flexibility index (Phi) is 5.98. The van der Waals surface area contributed by atoms with Crippen molar-refractivity contribution >= 4 is 11.9 Å². The molecular weight excluding hydrogens is 296 g/mol. The topological polar surface area (TPSA) is 194 Å². The summed E-state index contributed by atoms with van der Waals surface area (Å²) in [5, 5.41) is 63.9. The van der Waals surface area contributed by atoms with Crippen LogP contribution in [0.25, 0.3) is 0 Å². The van der Waals surface area contributed by atoms with Crippen molar-refractivity contribution in [2.75, 3.05) is 6.61 Å². The van der Waals surface area contributed by atoms with Crippen molar-refractivity contribution in [3.63, 3.8) is 0 Å². The summed E-state index contributed by atoms with van der Waals surface area (Å²) in [6, 6.07) is 0. The number of carbonyl (C=O) groups excluding carboxylic acids is 1. The predicted molar refractivity (Wildman–Crippen MR) is 59.5 cm³/mol. The molecule has 0 aromatic rings. The Balaban J connectivity index is 2.72. The number of carboxylic acids is 1. The predicted octanol–water partition coefficient (Wildman–Crippen LogP) is -4.86. The number of carboxylic acid groups (broad SMARTS) is 1. The first-order valence-corrected chi connectivity index (χ1v) is 5.80. The summed E-state index contributed by atoms with van der Waals surface area (Å²) >= 11 is 0. The van der Waals surface area contributed by atoms with Crippen molar-refractivity contribution in [1.82, 2.24) is 0 Å². The summed E-state index contributed by atoms with van der Waals surface area (Å²) in [6.45, 7) is -0.765. The maximum absolute atomic E-state index is 11.4. The molecule has 0 amide bonds. The van der Waals surface area contributed by atoms with Crippen LogP contribution in [0.1, 0.15) is 0 Å². The van der Waals surface area contributed by atoms with Crippen LogP contribution in [0.15, 0.2) is 0 Å². The normalized spacial score (nSPS) is 35.8. The highest BCUT2D eigenvalue weighted by atomic mass is 16.7. The molecule has 1 saturated heterocycles. The number of aliphatic hydroxyl groups is 6. The lowest BCUT2D eigenvalue weighted by Crippen LogP contribution is -2.60. The van der Waals surface area contributed by atoms with E-state index < -0.39 is 61.5 Å². The molecule has 1 rings (SSSR count). The lowest BCUT2D eigenvalue weighted by Gasteiger charge is -2.39. The van der Waals surface area contributed by atoms with Gasteiger partial charge >= 0.3 is 11.9 Å². The number of rotatable bonds is 5. The SMILES string of the molecule is O=C(O)C(O)C(O)C(=O)OC1O[C@H](CO)[C@@H](O)[C@H](O)[C@H]1O. The van der Waals surface area contributed by atoms with Crippen LogP contribution in [0.2, 0.25) is 0 Å². The summed E-state index contributed by atoms with van der Waals surface area (Å²) in [5.74, 6) is -3.51. The molecule has 1 aliphatic rings. The summed E-state index contributed by atoms with van der Waals surface area (Å²) in [6.07, 6.45) is -13.5. The molecule has 0 bridgehead atoms. The molecule has 0 saturated carbocycles. The molecule has 21 heavy (non-hydrogen) atoms. The van der Waals surface area contributed by atoms with E-state index in [2.05, 4.69) is 4.74 Å². The fourth-order valence-electron chi connectivity index (χ4n) is 1.61. The Morgan fingerprint density at radius 2 is 1.62 bits per heavy atom. The molecule has 3 unspecified atom stereocenters. The van der Waals surface area contributed by atoms with Gasteiger partial charge in [-0.25, -0.2) is 9.59 Å². The molecule has 7 N–H and O–H groups in total. The van der Waals surface area contributed by atoms with Crippen LogP contribution in [0.4, 0.5) is 0 Å². The van der Waals surface area contributed by atoms with E-state index in [1.165, 1.54) is 0 Å². The highest BCUT2D eigenvalue weighted by molar-refractivity contribution is 5.84. The van der Waals surface area contributed by atoms with Crippen molar-refractivity contribution < 1.29 is 54.8 Å². The van der Waals surface area contributed by atoms with Gasteiger partial charge in [-0.2, -0.15) is 0 Å². The van der Waals surface area contributed by atoms with Gasteiger partial charge in [-0.15, -0.1) is 0 Å². The Morgan fingerprint density at radius 1 is 1.05 bits per heavy atom. The third-order valence-electron chi connectivity index (χ3n) is 2.87. The molecule has 1 aliphatic heterocycles. The quantitative estimate of drug-likeness (QED) is 0.240. The van der Waals surface area contributed by atoms with Crippen LogP contribution in [-0.2, 0) is 19.1 Å². The lowest BCUT2D eigenvalue weighted by molar-refractivity contribution is -0.295. The van der Waals surface area contributed by atoms with E-state index >= 15 is 0 Å². The highest BCUT2D eigenvalue weighted by Crippen LogP contribution is 2.22. The summed E-state index contributed by atoms with van der Waals surface area (Å²) in [4.78, 5) is 21.8. The van der Waals surface area contributed by atoms with Crippen LogP contribution < -0.4 is 0 Å². The van der Waals surface area contributed by atoms with Crippen LogP contribution in [-0.4, -0.2) is 97.2 Å². The van der Waals surface area contributed by atoms with Gasteiger partial charge in [-0.05, 0) is 0 Å². The smallest absolute Gasteiger partial charge is 0.340 e. The molecule has 0 aliphatic carbocycles. The van der Waals surface area contributed by atoms with E-state index in [-0.39, 0.29) is 0 Å². The zero-order chi connectivity index (χ0) is 16.3. The molecule has 0 aromatic heterocycles. The van der Waals surface area contributed by atoms with Crippen LogP contribution in [0, 0.1) is 0 Å². The zero-order valence-electron chi connectivity index (χ0n) is 10.5. The first kappa shape index (κ1) is 17.7. The van der Waals surface area contributed by atoms with E-state index in [4.69, 9.17) is 20.1 Å². The number of carbonyl (C=O) groups is 2. The van der Waals surface area contributed by atoms with Crippen molar-refractivity contribution in [1.29, 1.82) is 0 Å². The fraction of sp³-hybridized carbons (Fsp3) is 0.800. The fourth-order valence-corrected chi connectivity index (χ4v) is 1.61. The molecule has 11 heteroatoms. The maximum Gasteiger partial charge on any atom is 0.340 e. The Bertz CT molecular complexity index is 383. The summed E-state index contributed by atoms with van der Waals surface area (Å²) < 4.78 is 9.22. The van der Waals surface area contributed by atoms with Crippen LogP contribution >= 0.6 is 0 Å². The largest absolute Gasteiger partial charge is 0.479 e. The average molecular weight is 312 g/mol. The number of ether oxygens (including phenoxy) is 2. The Morgan fingerprint density at radius 3 is 2.10 bits per heavy atom. The van der Waals surface area contributed by atoms with Gasteiger partial charge in [-0.3, -0.25) is 0 Å². The standard InChI is InChI=1S/C10H16O11/c11-1-2-3(12)4(13)7(16)10(20-2)21-9(19)6(15)5(14)8(17)18/h2-7,10-16H,1H2,(H,17,18)/t2-,3-,4+,5?,6?,7-,10?/m1/s1. The third-order valence-corrected chi connectivity index (χ3v) is 2.87. The minimum atomic E-state index is -2.46. The second kappa shape index (κ2) is 7.09. The van der Waals surface area contributed by atoms with Gasteiger partial charge in [-0.1, -0.05) is 0 Å². The first-order valence-electron chi connectivity index (χ1n) is 5.80. The van der Waals surface area contributed by atoms with Gasteiger partial charge in [0.25, 0.3) is 0 Å². The molecule has 7 atom stereocenters. The monoisotopic (exact) mass is 312 g/mol. The molecule has 0 spiro atoms. The number of esters is 1. The Labute approximate surface area is 117 Å². The van der Waals surface area contributed by atoms with Crippen molar-refractivity contribution in [3.8, 4) is 0 Å². The number of aliphatic hydroxyl groups excluding tert-OH is 6. The summed E-state index contributed by atoms with van der Waals surface area (Å²) in [5.41, 5.74) is 0. The van der Waals surface area contributed by atoms with Crippen LogP contribution in [0.3, 0.4) is 0 Å². The van der Waals surface area contributed by atoms with Crippen molar-refractivity contribution in [2.24, 2.45) is 0 Å². The van der Waals surface area contributed by atoms with Gasteiger partial charge in [0.05, 0.1) is 6.61 Å². The third kappa shape index (κ3) is 3.85.